The van der Waals surface area contributed by atoms with Gasteiger partial charge in [-0.25, -0.2) is 0 Å². The van der Waals surface area contributed by atoms with Crippen molar-refractivity contribution in [2.75, 3.05) is 6.61 Å². The standard InChI is InChI=1S/C19H21ClO/c1-19(14-17(20)12-13-21-19)18(15-8-4-2-5-9-15)16-10-6-3-7-11-16/h2-11,17-18H,12-14H2,1H3. The van der Waals surface area contributed by atoms with Crippen LogP contribution in [-0.2, 0) is 4.74 Å². The molecular weight excluding hydrogens is 280 g/mol. The van der Waals surface area contributed by atoms with E-state index < -0.39 is 0 Å². The fraction of sp³-hybridized carbons (Fsp3) is 0.368. The molecule has 0 aliphatic carbocycles. The van der Waals surface area contributed by atoms with Crippen molar-refractivity contribution in [3.63, 3.8) is 0 Å². The van der Waals surface area contributed by atoms with E-state index in [4.69, 9.17) is 16.3 Å². The van der Waals surface area contributed by atoms with Crippen LogP contribution in [0.25, 0.3) is 0 Å². The second kappa shape index (κ2) is 6.21. The van der Waals surface area contributed by atoms with Crippen molar-refractivity contribution < 1.29 is 4.74 Å². The molecule has 1 fully saturated rings. The first-order valence-electron chi connectivity index (χ1n) is 7.57. The Kier molecular flexibility index (Phi) is 4.32. The van der Waals surface area contributed by atoms with Crippen molar-refractivity contribution in [1.82, 2.24) is 0 Å². The first-order chi connectivity index (χ1) is 10.2. The fourth-order valence-corrected chi connectivity index (χ4v) is 3.81. The topological polar surface area (TPSA) is 9.23 Å². The monoisotopic (exact) mass is 300 g/mol. The van der Waals surface area contributed by atoms with Gasteiger partial charge in [-0.3, -0.25) is 0 Å². The number of hydrogen-bond donors (Lipinski definition) is 0. The van der Waals surface area contributed by atoms with Gasteiger partial charge in [0, 0.05) is 17.9 Å². The molecular formula is C19H21ClO. The molecule has 0 N–H and O–H groups in total. The van der Waals surface area contributed by atoms with Gasteiger partial charge in [0.05, 0.1) is 5.60 Å². The van der Waals surface area contributed by atoms with Crippen molar-refractivity contribution in [2.45, 2.75) is 36.7 Å². The summed E-state index contributed by atoms with van der Waals surface area (Å²) in [7, 11) is 0. The molecule has 1 aliphatic rings. The van der Waals surface area contributed by atoms with Gasteiger partial charge in [-0.15, -0.1) is 11.6 Å². The third-order valence-electron chi connectivity index (χ3n) is 4.37. The van der Waals surface area contributed by atoms with Crippen molar-refractivity contribution in [2.24, 2.45) is 0 Å². The average Bonchev–Trinajstić information content (AvgIpc) is 2.49. The molecule has 2 atom stereocenters. The second-order valence-corrected chi connectivity index (χ2v) is 6.62. The van der Waals surface area contributed by atoms with Crippen LogP contribution in [0.2, 0.25) is 0 Å². The van der Waals surface area contributed by atoms with Crippen LogP contribution in [-0.4, -0.2) is 17.6 Å². The highest BCUT2D eigenvalue weighted by Crippen LogP contribution is 2.43. The van der Waals surface area contributed by atoms with Crippen LogP contribution in [0.1, 0.15) is 36.8 Å². The second-order valence-electron chi connectivity index (χ2n) is 6.01. The van der Waals surface area contributed by atoms with E-state index in [1.54, 1.807) is 0 Å². The van der Waals surface area contributed by atoms with Gasteiger partial charge >= 0.3 is 0 Å². The summed E-state index contributed by atoms with van der Waals surface area (Å²) in [6.07, 6.45) is 1.82. The maximum Gasteiger partial charge on any atom is 0.0777 e. The van der Waals surface area contributed by atoms with Crippen LogP contribution >= 0.6 is 11.6 Å². The lowest BCUT2D eigenvalue weighted by Gasteiger charge is -2.43. The molecule has 3 rings (SSSR count). The fourth-order valence-electron chi connectivity index (χ4n) is 3.41. The van der Waals surface area contributed by atoms with E-state index in [9.17, 15) is 0 Å². The first kappa shape index (κ1) is 14.6. The summed E-state index contributed by atoms with van der Waals surface area (Å²) in [4.78, 5) is 0. The highest BCUT2D eigenvalue weighted by molar-refractivity contribution is 6.20. The van der Waals surface area contributed by atoms with Crippen molar-refractivity contribution in [3.05, 3.63) is 71.8 Å². The van der Waals surface area contributed by atoms with E-state index in [1.165, 1.54) is 11.1 Å². The number of alkyl halides is 1. The van der Waals surface area contributed by atoms with Crippen LogP contribution in [0.15, 0.2) is 60.7 Å². The Labute approximate surface area is 131 Å². The summed E-state index contributed by atoms with van der Waals surface area (Å²) in [6, 6.07) is 21.2. The SMILES string of the molecule is CC1(C(c2ccccc2)c2ccccc2)CC(Cl)CCO1. The molecule has 0 spiro atoms. The lowest BCUT2D eigenvalue weighted by Crippen LogP contribution is -2.43. The Hall–Kier alpha value is -1.31. The smallest absolute Gasteiger partial charge is 0.0777 e. The first-order valence-corrected chi connectivity index (χ1v) is 8.00. The molecule has 1 nitrogen and oxygen atoms in total. The van der Waals surface area contributed by atoms with Gasteiger partial charge in [0.1, 0.15) is 0 Å². The van der Waals surface area contributed by atoms with Gasteiger partial charge in [0.25, 0.3) is 0 Å². The summed E-state index contributed by atoms with van der Waals surface area (Å²) in [5.74, 6) is 0.210. The highest BCUT2D eigenvalue weighted by atomic mass is 35.5. The van der Waals surface area contributed by atoms with Crippen molar-refractivity contribution in [3.8, 4) is 0 Å². The van der Waals surface area contributed by atoms with Crippen LogP contribution in [0.4, 0.5) is 0 Å². The zero-order chi connectivity index (χ0) is 14.7. The van der Waals surface area contributed by atoms with E-state index in [0.717, 1.165) is 19.4 Å². The molecule has 0 amide bonds. The maximum atomic E-state index is 6.44. The third kappa shape index (κ3) is 3.14. The van der Waals surface area contributed by atoms with Crippen LogP contribution in [0, 0.1) is 0 Å². The Morgan fingerprint density at radius 2 is 1.52 bits per heavy atom. The molecule has 21 heavy (non-hydrogen) atoms. The molecule has 2 aromatic carbocycles. The predicted molar refractivity (Wildman–Crippen MR) is 88.0 cm³/mol. The number of halogens is 1. The van der Waals surface area contributed by atoms with E-state index >= 15 is 0 Å². The summed E-state index contributed by atoms with van der Waals surface area (Å²) < 4.78 is 6.22. The minimum Gasteiger partial charge on any atom is -0.374 e. The third-order valence-corrected chi connectivity index (χ3v) is 4.74. The number of benzene rings is 2. The maximum absolute atomic E-state index is 6.44. The normalized spacial score (nSPS) is 26.0. The van der Waals surface area contributed by atoms with E-state index in [2.05, 4.69) is 67.6 Å². The molecule has 1 saturated heterocycles. The van der Waals surface area contributed by atoms with Crippen LogP contribution < -0.4 is 0 Å². The van der Waals surface area contributed by atoms with E-state index in [-0.39, 0.29) is 16.9 Å². The van der Waals surface area contributed by atoms with Crippen molar-refractivity contribution >= 4 is 11.6 Å². The zero-order valence-electron chi connectivity index (χ0n) is 12.3. The molecule has 1 aliphatic heterocycles. The van der Waals surface area contributed by atoms with Gasteiger partial charge in [0.15, 0.2) is 0 Å². The number of rotatable bonds is 3. The van der Waals surface area contributed by atoms with Gasteiger partial charge in [-0.2, -0.15) is 0 Å². The van der Waals surface area contributed by atoms with E-state index in [0.29, 0.717) is 0 Å². The molecule has 2 aromatic rings. The van der Waals surface area contributed by atoms with Gasteiger partial charge in [-0.1, -0.05) is 60.7 Å². The minimum absolute atomic E-state index is 0.193. The quantitative estimate of drug-likeness (QED) is 0.725. The lowest BCUT2D eigenvalue weighted by atomic mass is 9.75. The number of ether oxygens (including phenoxy) is 1. The summed E-state index contributed by atoms with van der Waals surface area (Å²) >= 11 is 6.44. The van der Waals surface area contributed by atoms with Gasteiger partial charge in [-0.05, 0) is 30.9 Å². The molecule has 0 aromatic heterocycles. The minimum atomic E-state index is -0.257. The number of hydrogen-bond acceptors (Lipinski definition) is 1. The molecule has 0 radical (unpaired) electrons. The van der Waals surface area contributed by atoms with Crippen LogP contribution in [0.3, 0.4) is 0 Å². The van der Waals surface area contributed by atoms with Gasteiger partial charge in [0.2, 0.25) is 0 Å². The molecule has 110 valence electrons. The summed E-state index contributed by atoms with van der Waals surface area (Å²) in [5.41, 5.74) is 2.32. The lowest BCUT2D eigenvalue weighted by molar-refractivity contribution is -0.0737. The van der Waals surface area contributed by atoms with Crippen LogP contribution in [0.5, 0.6) is 0 Å². The Balaban J connectivity index is 2.04. The average molecular weight is 301 g/mol. The Bertz CT molecular complexity index is 529. The molecule has 0 saturated carbocycles. The Morgan fingerprint density at radius 1 is 1.00 bits per heavy atom. The molecule has 2 heteroatoms. The molecule has 2 unspecified atom stereocenters. The highest BCUT2D eigenvalue weighted by Gasteiger charge is 2.41. The van der Waals surface area contributed by atoms with Gasteiger partial charge < -0.3 is 4.74 Å². The molecule has 0 bridgehead atoms. The Morgan fingerprint density at radius 3 is 2.00 bits per heavy atom. The molecule has 1 heterocycles. The van der Waals surface area contributed by atoms with Crippen molar-refractivity contribution in [1.29, 1.82) is 0 Å². The predicted octanol–water partition coefficient (Wildman–Crippen LogP) is 5.00. The zero-order valence-corrected chi connectivity index (χ0v) is 13.1. The summed E-state index contributed by atoms with van der Waals surface area (Å²) in [5, 5.41) is 0.193. The summed E-state index contributed by atoms with van der Waals surface area (Å²) in [6.45, 7) is 2.94. The van der Waals surface area contributed by atoms with E-state index in [1.807, 2.05) is 0 Å². The largest absolute Gasteiger partial charge is 0.374 e.